The molecule has 0 spiro atoms. The number of rotatable bonds is 9. The van der Waals surface area contributed by atoms with Crippen molar-refractivity contribution in [2.75, 3.05) is 45.9 Å². The molecular formula is C27H38N2O3. The molecule has 0 atom stereocenters. The summed E-state index contributed by atoms with van der Waals surface area (Å²) in [5.74, 6) is 1.82. The van der Waals surface area contributed by atoms with Crippen molar-refractivity contribution in [2.45, 2.75) is 51.7 Å². The van der Waals surface area contributed by atoms with Gasteiger partial charge < -0.3 is 14.6 Å². The first-order valence-electron chi connectivity index (χ1n) is 12.1. The van der Waals surface area contributed by atoms with Gasteiger partial charge in [0.15, 0.2) is 0 Å². The third-order valence-corrected chi connectivity index (χ3v) is 6.79. The van der Waals surface area contributed by atoms with Crippen molar-refractivity contribution >= 4 is 0 Å². The first-order valence-corrected chi connectivity index (χ1v) is 12.1. The van der Waals surface area contributed by atoms with E-state index in [0.717, 1.165) is 62.7 Å². The smallest absolute Gasteiger partial charge is 0.122 e. The Hall–Kier alpha value is -2.08. The van der Waals surface area contributed by atoms with Crippen LogP contribution in [0, 0.1) is 13.8 Å². The van der Waals surface area contributed by atoms with Crippen molar-refractivity contribution in [1.82, 2.24) is 9.80 Å². The summed E-state index contributed by atoms with van der Waals surface area (Å²) in [6, 6.07) is 14.6. The average Bonchev–Trinajstić information content (AvgIpc) is 3.29. The van der Waals surface area contributed by atoms with Gasteiger partial charge in [-0.05, 0) is 81.9 Å². The molecule has 5 heteroatoms. The van der Waals surface area contributed by atoms with Gasteiger partial charge in [-0.25, -0.2) is 0 Å². The largest absolute Gasteiger partial charge is 0.492 e. The summed E-state index contributed by atoms with van der Waals surface area (Å²) in [5, 5.41) is 11.0. The van der Waals surface area contributed by atoms with Gasteiger partial charge >= 0.3 is 0 Å². The normalized spacial score (nSPS) is 19.2. The molecule has 0 radical (unpaired) electrons. The van der Waals surface area contributed by atoms with Crippen LogP contribution >= 0.6 is 0 Å². The summed E-state index contributed by atoms with van der Waals surface area (Å²) in [6.07, 6.45) is 4.09. The van der Waals surface area contributed by atoms with Gasteiger partial charge in [0.05, 0.1) is 0 Å². The Labute approximate surface area is 192 Å². The predicted molar refractivity (Wildman–Crippen MR) is 128 cm³/mol. The van der Waals surface area contributed by atoms with Crippen molar-refractivity contribution in [3.63, 3.8) is 0 Å². The van der Waals surface area contributed by atoms with Crippen molar-refractivity contribution < 1.29 is 14.6 Å². The molecule has 0 aliphatic carbocycles. The second-order valence-electron chi connectivity index (χ2n) is 9.60. The Balaban J connectivity index is 1.22. The molecule has 2 aromatic carbocycles. The first kappa shape index (κ1) is 23.1. The molecule has 2 aliphatic rings. The summed E-state index contributed by atoms with van der Waals surface area (Å²) in [7, 11) is 0. The van der Waals surface area contributed by atoms with Gasteiger partial charge in [0.25, 0.3) is 0 Å². The summed E-state index contributed by atoms with van der Waals surface area (Å²) >= 11 is 0. The van der Waals surface area contributed by atoms with Crippen LogP contribution in [0.4, 0.5) is 0 Å². The van der Waals surface area contributed by atoms with Crippen molar-refractivity contribution in [3.05, 3.63) is 59.2 Å². The first-order chi connectivity index (χ1) is 15.5. The maximum absolute atomic E-state index is 11.0. The highest BCUT2D eigenvalue weighted by atomic mass is 16.5. The van der Waals surface area contributed by atoms with E-state index in [1.54, 1.807) is 0 Å². The van der Waals surface area contributed by atoms with Crippen LogP contribution in [0.25, 0.3) is 0 Å². The van der Waals surface area contributed by atoms with Crippen LogP contribution in [-0.2, 0) is 6.54 Å². The fourth-order valence-corrected chi connectivity index (χ4v) is 4.74. The molecule has 2 heterocycles. The van der Waals surface area contributed by atoms with Gasteiger partial charge in [0, 0.05) is 26.2 Å². The van der Waals surface area contributed by atoms with E-state index in [9.17, 15) is 5.11 Å². The maximum Gasteiger partial charge on any atom is 0.122 e. The summed E-state index contributed by atoms with van der Waals surface area (Å²) < 4.78 is 12.0. The lowest BCUT2D eigenvalue weighted by molar-refractivity contribution is -0.0538. The SMILES string of the molecule is Cc1ccc(OCC2(O)CCN(Cc3cccc(OCCN4CCCC4)c3)CC2)c(C)c1. The number of hydrogen-bond donors (Lipinski definition) is 1. The molecule has 174 valence electrons. The number of piperidine rings is 1. The average molecular weight is 439 g/mol. The van der Waals surface area contributed by atoms with Crippen LogP contribution in [0.3, 0.4) is 0 Å². The molecule has 4 rings (SSSR count). The van der Waals surface area contributed by atoms with E-state index in [4.69, 9.17) is 9.47 Å². The standard InChI is InChI=1S/C27H38N2O3/c1-22-8-9-26(23(2)18-22)32-21-27(30)10-14-29(15-11-27)20-24-6-5-7-25(19-24)31-17-16-28-12-3-4-13-28/h5-9,18-19,30H,3-4,10-17,20-21H2,1-2H3. The molecule has 0 aromatic heterocycles. The van der Waals surface area contributed by atoms with Crippen LogP contribution in [0.5, 0.6) is 11.5 Å². The molecule has 0 bridgehead atoms. The predicted octanol–water partition coefficient (Wildman–Crippen LogP) is 4.18. The minimum atomic E-state index is -0.756. The van der Waals surface area contributed by atoms with Gasteiger partial charge in [-0.3, -0.25) is 9.80 Å². The number of ether oxygens (including phenoxy) is 2. The number of aliphatic hydroxyl groups is 1. The van der Waals surface area contributed by atoms with Crippen LogP contribution < -0.4 is 9.47 Å². The number of nitrogens with zero attached hydrogens (tertiary/aromatic N) is 2. The topological polar surface area (TPSA) is 45.2 Å². The molecule has 1 N–H and O–H groups in total. The van der Waals surface area contributed by atoms with Gasteiger partial charge in [-0.15, -0.1) is 0 Å². The minimum Gasteiger partial charge on any atom is -0.492 e. The molecule has 2 aliphatic heterocycles. The van der Waals surface area contributed by atoms with Gasteiger partial charge in [0.1, 0.15) is 30.3 Å². The van der Waals surface area contributed by atoms with E-state index in [1.807, 2.05) is 12.1 Å². The summed E-state index contributed by atoms with van der Waals surface area (Å²) in [6.45, 7) is 11.3. The maximum atomic E-state index is 11.0. The zero-order chi connectivity index (χ0) is 22.4. The molecule has 32 heavy (non-hydrogen) atoms. The Morgan fingerprint density at radius 1 is 0.906 bits per heavy atom. The van der Waals surface area contributed by atoms with Crippen molar-refractivity contribution in [2.24, 2.45) is 0 Å². The molecular weight excluding hydrogens is 400 g/mol. The Kier molecular flexibility index (Phi) is 7.71. The van der Waals surface area contributed by atoms with Gasteiger partial charge in [-0.1, -0.05) is 29.8 Å². The van der Waals surface area contributed by atoms with E-state index >= 15 is 0 Å². The molecule has 0 amide bonds. The number of hydrogen-bond acceptors (Lipinski definition) is 5. The zero-order valence-electron chi connectivity index (χ0n) is 19.7. The molecule has 0 saturated carbocycles. The second kappa shape index (κ2) is 10.7. The third kappa shape index (κ3) is 6.47. The quantitative estimate of drug-likeness (QED) is 0.636. The third-order valence-electron chi connectivity index (χ3n) is 6.79. The van der Waals surface area contributed by atoms with E-state index < -0.39 is 5.60 Å². The van der Waals surface area contributed by atoms with E-state index in [1.165, 1.54) is 37.1 Å². The molecule has 2 aromatic rings. The fraction of sp³-hybridized carbons (Fsp3) is 0.556. The Morgan fingerprint density at radius 2 is 1.69 bits per heavy atom. The van der Waals surface area contributed by atoms with Crippen LogP contribution in [0.2, 0.25) is 0 Å². The Morgan fingerprint density at radius 3 is 2.44 bits per heavy atom. The van der Waals surface area contributed by atoms with Crippen LogP contribution in [0.15, 0.2) is 42.5 Å². The molecule has 2 fully saturated rings. The van der Waals surface area contributed by atoms with Crippen molar-refractivity contribution in [3.8, 4) is 11.5 Å². The highest BCUT2D eigenvalue weighted by molar-refractivity contribution is 5.35. The van der Waals surface area contributed by atoms with Gasteiger partial charge in [-0.2, -0.15) is 0 Å². The molecule has 0 unspecified atom stereocenters. The van der Waals surface area contributed by atoms with E-state index in [-0.39, 0.29) is 0 Å². The number of likely N-dealkylation sites (tertiary alicyclic amines) is 2. The molecule has 2 saturated heterocycles. The lowest BCUT2D eigenvalue weighted by atomic mass is 9.92. The molecule has 5 nitrogen and oxygen atoms in total. The number of benzene rings is 2. The van der Waals surface area contributed by atoms with Crippen LogP contribution in [0.1, 0.15) is 42.4 Å². The zero-order valence-corrected chi connectivity index (χ0v) is 19.7. The van der Waals surface area contributed by atoms with Crippen LogP contribution in [-0.4, -0.2) is 66.4 Å². The van der Waals surface area contributed by atoms with E-state index in [0.29, 0.717) is 6.61 Å². The highest BCUT2D eigenvalue weighted by Crippen LogP contribution is 2.27. The lowest BCUT2D eigenvalue weighted by Crippen LogP contribution is -2.47. The van der Waals surface area contributed by atoms with Crippen molar-refractivity contribution in [1.29, 1.82) is 0 Å². The monoisotopic (exact) mass is 438 g/mol. The lowest BCUT2D eigenvalue weighted by Gasteiger charge is -2.38. The highest BCUT2D eigenvalue weighted by Gasteiger charge is 2.33. The fourth-order valence-electron chi connectivity index (χ4n) is 4.74. The second-order valence-corrected chi connectivity index (χ2v) is 9.60. The number of aryl methyl sites for hydroxylation is 2. The minimum absolute atomic E-state index is 0.352. The summed E-state index contributed by atoms with van der Waals surface area (Å²) in [5.41, 5.74) is 2.85. The van der Waals surface area contributed by atoms with Gasteiger partial charge in [0.2, 0.25) is 0 Å². The summed E-state index contributed by atoms with van der Waals surface area (Å²) in [4.78, 5) is 4.89. The Bertz CT molecular complexity index is 871. The van der Waals surface area contributed by atoms with E-state index in [2.05, 4.69) is 54.0 Å².